The van der Waals surface area contributed by atoms with Crippen molar-refractivity contribution in [2.45, 2.75) is 20.3 Å². The van der Waals surface area contributed by atoms with E-state index in [0.29, 0.717) is 5.70 Å². The Morgan fingerprint density at radius 3 is 2.50 bits per heavy atom. The van der Waals surface area contributed by atoms with E-state index >= 15 is 0 Å². The van der Waals surface area contributed by atoms with Crippen LogP contribution >= 0.6 is 0 Å². The second kappa shape index (κ2) is 4.86. The molecule has 0 saturated heterocycles. The first-order valence-electron chi connectivity index (χ1n) is 3.46. The quantitative estimate of drug-likeness (QED) is 0.594. The maximum Gasteiger partial charge on any atom is 0.0241 e. The van der Waals surface area contributed by atoms with Gasteiger partial charge in [0, 0.05) is 5.70 Å². The fraction of sp³-hybridized carbons (Fsp3) is 0.333. The number of allylic oxidation sites excluding steroid dienone is 4. The van der Waals surface area contributed by atoms with Gasteiger partial charge in [0.2, 0.25) is 0 Å². The van der Waals surface area contributed by atoms with Crippen LogP contribution in [0.3, 0.4) is 0 Å². The molecule has 10 heavy (non-hydrogen) atoms. The van der Waals surface area contributed by atoms with Gasteiger partial charge in [0.25, 0.3) is 0 Å². The second-order valence-corrected chi connectivity index (χ2v) is 2.26. The van der Waals surface area contributed by atoms with Crippen LogP contribution in [0.5, 0.6) is 0 Å². The first-order valence-corrected chi connectivity index (χ1v) is 3.46. The lowest BCUT2D eigenvalue weighted by molar-refractivity contribution is 1.20. The van der Waals surface area contributed by atoms with Gasteiger partial charge in [-0.25, -0.2) is 0 Å². The normalized spacial score (nSPS) is 12.4. The van der Waals surface area contributed by atoms with Crippen molar-refractivity contribution in [2.75, 3.05) is 0 Å². The summed E-state index contributed by atoms with van der Waals surface area (Å²) in [4.78, 5) is 0. The molecule has 0 aromatic heterocycles. The van der Waals surface area contributed by atoms with Gasteiger partial charge < -0.3 is 5.73 Å². The molecule has 0 heterocycles. The summed E-state index contributed by atoms with van der Waals surface area (Å²) in [6, 6.07) is 0. The Balaban J connectivity index is 3.89. The molecule has 0 aliphatic carbocycles. The highest BCUT2D eigenvalue weighted by Crippen LogP contribution is 1.97. The Kier molecular flexibility index (Phi) is 4.38. The summed E-state index contributed by atoms with van der Waals surface area (Å²) in [6.45, 7) is 7.70. The Labute approximate surface area is 62.9 Å². The van der Waals surface area contributed by atoms with Gasteiger partial charge in [-0.15, -0.1) is 0 Å². The van der Waals surface area contributed by atoms with Gasteiger partial charge in [-0.1, -0.05) is 31.2 Å². The van der Waals surface area contributed by atoms with Crippen molar-refractivity contribution in [3.63, 3.8) is 0 Å². The van der Waals surface area contributed by atoms with Crippen molar-refractivity contribution >= 4 is 0 Å². The Bertz CT molecular complexity index is 164. The first-order chi connectivity index (χ1) is 4.66. The highest BCUT2D eigenvalue weighted by molar-refractivity contribution is 5.22. The predicted molar refractivity (Wildman–Crippen MR) is 46.5 cm³/mol. The van der Waals surface area contributed by atoms with Crippen LogP contribution in [-0.2, 0) is 0 Å². The molecule has 0 aromatic rings. The molecule has 0 atom stereocenters. The molecule has 1 nitrogen and oxygen atoms in total. The Hall–Kier alpha value is -0.980. The van der Waals surface area contributed by atoms with Crippen LogP contribution in [0.4, 0.5) is 0 Å². The molecule has 0 saturated carbocycles. The molecule has 0 radical (unpaired) electrons. The molecule has 0 bridgehead atoms. The minimum Gasteiger partial charge on any atom is -0.399 e. The van der Waals surface area contributed by atoms with Gasteiger partial charge in [0.05, 0.1) is 0 Å². The molecular weight excluding hydrogens is 122 g/mol. The van der Waals surface area contributed by atoms with E-state index in [1.165, 1.54) is 5.57 Å². The molecule has 0 aliphatic rings. The lowest BCUT2D eigenvalue weighted by atomic mass is 10.2. The third-order valence-corrected chi connectivity index (χ3v) is 1.09. The van der Waals surface area contributed by atoms with Gasteiger partial charge in [0.15, 0.2) is 0 Å². The lowest BCUT2D eigenvalue weighted by Crippen LogP contribution is -1.88. The summed E-state index contributed by atoms with van der Waals surface area (Å²) in [7, 11) is 0. The summed E-state index contributed by atoms with van der Waals surface area (Å²) >= 11 is 0. The van der Waals surface area contributed by atoms with E-state index in [2.05, 4.69) is 19.6 Å². The monoisotopic (exact) mass is 137 g/mol. The van der Waals surface area contributed by atoms with Crippen molar-refractivity contribution in [1.82, 2.24) is 0 Å². The standard InChI is InChI=1S/C9H15N/c1-4-5-8(2)6-7-9(3)10/h5-7H,3-4,10H2,1-2H3/b7-6-,8-5-. The van der Waals surface area contributed by atoms with Crippen LogP contribution < -0.4 is 5.73 Å². The molecule has 0 aliphatic heterocycles. The zero-order valence-electron chi connectivity index (χ0n) is 6.72. The second-order valence-electron chi connectivity index (χ2n) is 2.26. The molecule has 1 heteroatoms. The van der Waals surface area contributed by atoms with E-state index in [1.54, 1.807) is 0 Å². The molecule has 0 amide bonds. The minimum atomic E-state index is 0.601. The van der Waals surface area contributed by atoms with Crippen LogP contribution in [0.1, 0.15) is 20.3 Å². The number of rotatable bonds is 3. The van der Waals surface area contributed by atoms with Crippen molar-refractivity contribution < 1.29 is 0 Å². The highest BCUT2D eigenvalue weighted by Gasteiger charge is 1.78. The van der Waals surface area contributed by atoms with Gasteiger partial charge in [-0.2, -0.15) is 0 Å². The van der Waals surface area contributed by atoms with Crippen molar-refractivity contribution in [3.05, 3.63) is 36.1 Å². The van der Waals surface area contributed by atoms with Crippen molar-refractivity contribution in [2.24, 2.45) is 5.73 Å². The zero-order chi connectivity index (χ0) is 7.98. The SMILES string of the molecule is C=C(N)/C=C\C(C)=C/CC. The molecule has 0 fully saturated rings. The van der Waals surface area contributed by atoms with Crippen LogP contribution in [-0.4, -0.2) is 0 Å². The summed E-state index contributed by atoms with van der Waals surface area (Å²) < 4.78 is 0. The number of hydrogen-bond acceptors (Lipinski definition) is 1. The topological polar surface area (TPSA) is 26.0 Å². The van der Waals surface area contributed by atoms with Gasteiger partial charge >= 0.3 is 0 Å². The van der Waals surface area contributed by atoms with E-state index in [-0.39, 0.29) is 0 Å². The van der Waals surface area contributed by atoms with Gasteiger partial charge in [-0.05, 0) is 19.4 Å². The first kappa shape index (κ1) is 9.02. The Morgan fingerprint density at radius 1 is 1.50 bits per heavy atom. The van der Waals surface area contributed by atoms with E-state index < -0.39 is 0 Å². The molecule has 2 N–H and O–H groups in total. The summed E-state index contributed by atoms with van der Waals surface area (Å²) in [6.07, 6.45) is 6.97. The van der Waals surface area contributed by atoms with E-state index in [9.17, 15) is 0 Å². The lowest BCUT2D eigenvalue weighted by Gasteiger charge is -1.89. The molecule has 0 spiro atoms. The average molecular weight is 137 g/mol. The van der Waals surface area contributed by atoms with E-state index in [4.69, 9.17) is 5.73 Å². The van der Waals surface area contributed by atoms with Crippen LogP contribution in [0, 0.1) is 0 Å². The van der Waals surface area contributed by atoms with Crippen LogP contribution in [0.25, 0.3) is 0 Å². The maximum atomic E-state index is 5.33. The minimum absolute atomic E-state index is 0.601. The molecular formula is C9H15N. The van der Waals surface area contributed by atoms with E-state index in [1.807, 2.05) is 19.1 Å². The third-order valence-electron chi connectivity index (χ3n) is 1.09. The smallest absolute Gasteiger partial charge is 0.0241 e. The van der Waals surface area contributed by atoms with Gasteiger partial charge in [0.1, 0.15) is 0 Å². The van der Waals surface area contributed by atoms with E-state index in [0.717, 1.165) is 6.42 Å². The highest BCUT2D eigenvalue weighted by atomic mass is 14.5. The molecule has 0 aromatic carbocycles. The van der Waals surface area contributed by atoms with Crippen molar-refractivity contribution in [1.29, 1.82) is 0 Å². The largest absolute Gasteiger partial charge is 0.399 e. The van der Waals surface area contributed by atoms with Crippen LogP contribution in [0.2, 0.25) is 0 Å². The molecule has 0 unspecified atom stereocenters. The maximum absolute atomic E-state index is 5.33. The summed E-state index contributed by atoms with van der Waals surface area (Å²) in [5.74, 6) is 0. The van der Waals surface area contributed by atoms with Crippen molar-refractivity contribution in [3.8, 4) is 0 Å². The predicted octanol–water partition coefficient (Wildman–Crippen LogP) is 2.37. The average Bonchev–Trinajstić information content (AvgIpc) is 1.85. The summed E-state index contributed by atoms with van der Waals surface area (Å²) in [5.41, 5.74) is 7.16. The third kappa shape index (κ3) is 5.16. The van der Waals surface area contributed by atoms with Gasteiger partial charge in [-0.3, -0.25) is 0 Å². The van der Waals surface area contributed by atoms with Crippen LogP contribution in [0.15, 0.2) is 36.1 Å². The number of hydrogen-bond donors (Lipinski definition) is 1. The fourth-order valence-electron chi connectivity index (χ4n) is 0.629. The summed E-state index contributed by atoms with van der Waals surface area (Å²) in [5, 5.41) is 0. The molecule has 0 rings (SSSR count). The Morgan fingerprint density at radius 2 is 2.10 bits per heavy atom. The fourth-order valence-corrected chi connectivity index (χ4v) is 0.629. The molecule has 56 valence electrons. The zero-order valence-corrected chi connectivity index (χ0v) is 6.72. The number of nitrogens with two attached hydrogens (primary N) is 1.